The van der Waals surface area contributed by atoms with Crippen LogP contribution >= 0.6 is 0 Å². The maximum atomic E-state index is 13.5. The Kier molecular flexibility index (Phi) is 6.24. The summed E-state index contributed by atoms with van der Waals surface area (Å²) in [5, 5.41) is 4.24. The number of carbonyl (C=O) groups excluding carboxylic acids is 3. The largest absolute Gasteiger partial charge is 0.350 e. The van der Waals surface area contributed by atoms with E-state index in [1.807, 2.05) is 61.5 Å². The molecule has 8 nitrogen and oxygen atoms in total. The Morgan fingerprint density at radius 2 is 1.74 bits per heavy atom. The molecule has 1 aliphatic carbocycles. The fourth-order valence-corrected chi connectivity index (χ4v) is 5.27. The quantitative estimate of drug-likeness (QED) is 0.693. The number of aryl methyl sites for hydroxylation is 1. The minimum Gasteiger partial charge on any atom is -0.350 e. The van der Waals surface area contributed by atoms with Gasteiger partial charge in [-0.15, -0.1) is 0 Å². The van der Waals surface area contributed by atoms with E-state index < -0.39 is 6.29 Å². The number of benzene rings is 2. The van der Waals surface area contributed by atoms with E-state index in [9.17, 15) is 14.4 Å². The Labute approximate surface area is 199 Å². The zero-order chi connectivity index (χ0) is 23.7. The van der Waals surface area contributed by atoms with Gasteiger partial charge in [0.2, 0.25) is 11.8 Å². The first-order valence-electron chi connectivity index (χ1n) is 12.0. The fourth-order valence-electron chi connectivity index (χ4n) is 5.27. The first kappa shape index (κ1) is 22.4. The molecule has 3 unspecified atom stereocenters. The molecule has 2 saturated heterocycles. The molecule has 3 atom stereocenters. The lowest BCUT2D eigenvalue weighted by Crippen LogP contribution is -2.65. The van der Waals surface area contributed by atoms with Gasteiger partial charge in [0.05, 0.1) is 5.92 Å². The van der Waals surface area contributed by atoms with E-state index in [0.29, 0.717) is 13.1 Å². The highest BCUT2D eigenvalue weighted by Gasteiger charge is 2.54. The van der Waals surface area contributed by atoms with Gasteiger partial charge in [-0.3, -0.25) is 14.5 Å². The van der Waals surface area contributed by atoms with Crippen LogP contribution in [0.25, 0.3) is 0 Å². The number of hydrogen-bond acceptors (Lipinski definition) is 4. The molecule has 178 valence electrons. The number of hydrazine groups is 1. The molecule has 0 bridgehead atoms. The van der Waals surface area contributed by atoms with Gasteiger partial charge in [-0.1, -0.05) is 73.0 Å². The Balaban J connectivity index is 1.32. The van der Waals surface area contributed by atoms with Crippen molar-refractivity contribution < 1.29 is 14.4 Å². The molecule has 3 fully saturated rings. The third-order valence-corrected chi connectivity index (χ3v) is 7.08. The van der Waals surface area contributed by atoms with Crippen molar-refractivity contribution in [2.75, 3.05) is 6.54 Å². The van der Waals surface area contributed by atoms with Crippen LogP contribution in [0.4, 0.5) is 4.79 Å². The lowest BCUT2D eigenvalue weighted by molar-refractivity contribution is -0.157. The Hall–Kier alpha value is -3.39. The molecule has 2 heterocycles. The summed E-state index contributed by atoms with van der Waals surface area (Å²) in [6.07, 6.45) is 3.02. The van der Waals surface area contributed by atoms with Crippen LogP contribution in [-0.4, -0.2) is 51.5 Å². The number of nitrogens with zero attached hydrogens (tertiary/aromatic N) is 3. The molecule has 3 aliphatic rings. The maximum absolute atomic E-state index is 13.5. The van der Waals surface area contributed by atoms with Crippen LogP contribution < -0.4 is 10.7 Å². The molecule has 5 rings (SSSR count). The van der Waals surface area contributed by atoms with Crippen molar-refractivity contribution in [2.24, 2.45) is 5.92 Å². The van der Waals surface area contributed by atoms with Crippen LogP contribution in [-0.2, 0) is 22.7 Å². The predicted molar refractivity (Wildman–Crippen MR) is 127 cm³/mol. The minimum absolute atomic E-state index is 0.0854. The highest BCUT2D eigenvalue weighted by Crippen LogP contribution is 2.38. The van der Waals surface area contributed by atoms with Crippen molar-refractivity contribution in [3.8, 4) is 0 Å². The van der Waals surface area contributed by atoms with Gasteiger partial charge in [0, 0.05) is 19.1 Å². The van der Waals surface area contributed by atoms with Crippen LogP contribution in [0.5, 0.6) is 0 Å². The summed E-state index contributed by atoms with van der Waals surface area (Å²) in [5.41, 5.74) is 6.34. The molecule has 2 N–H and O–H groups in total. The summed E-state index contributed by atoms with van der Waals surface area (Å²) in [5.74, 6) is -0.351. The third kappa shape index (κ3) is 4.37. The average Bonchev–Trinajstić information content (AvgIpc) is 3.18. The topological polar surface area (TPSA) is 85.0 Å². The van der Waals surface area contributed by atoms with Gasteiger partial charge < -0.3 is 10.2 Å². The number of nitrogens with one attached hydrogen (secondary N) is 2. The Morgan fingerprint density at radius 3 is 2.50 bits per heavy atom. The van der Waals surface area contributed by atoms with Crippen LogP contribution in [0.1, 0.15) is 42.4 Å². The van der Waals surface area contributed by atoms with E-state index >= 15 is 0 Å². The molecule has 8 heteroatoms. The monoisotopic (exact) mass is 461 g/mol. The van der Waals surface area contributed by atoms with E-state index in [2.05, 4.69) is 10.7 Å². The molecule has 2 aromatic rings. The molecule has 2 aromatic carbocycles. The van der Waals surface area contributed by atoms with Crippen molar-refractivity contribution >= 4 is 17.8 Å². The number of carbonyl (C=O) groups is 3. The van der Waals surface area contributed by atoms with E-state index in [1.54, 1.807) is 9.80 Å². The Morgan fingerprint density at radius 1 is 1.00 bits per heavy atom. The van der Waals surface area contributed by atoms with Crippen LogP contribution in [0.3, 0.4) is 0 Å². The van der Waals surface area contributed by atoms with Crippen molar-refractivity contribution in [2.45, 2.75) is 58.0 Å². The van der Waals surface area contributed by atoms with Crippen LogP contribution in [0.2, 0.25) is 0 Å². The van der Waals surface area contributed by atoms with E-state index in [1.165, 1.54) is 5.01 Å². The number of urea groups is 1. The Bertz CT molecular complexity index is 1060. The molecule has 2 aliphatic heterocycles. The summed E-state index contributed by atoms with van der Waals surface area (Å²) in [6.45, 7) is 2.74. The van der Waals surface area contributed by atoms with E-state index in [4.69, 9.17) is 0 Å². The third-order valence-electron chi connectivity index (χ3n) is 7.08. The number of fused-ring (bicyclic) bond motifs is 3. The molecule has 34 heavy (non-hydrogen) atoms. The SMILES string of the molecule is Cc1ccc(CN2C(=O)C3CCCCC3N3C(=O)N(CC(=O)NCc4ccccc4)NC23)cc1. The lowest BCUT2D eigenvalue weighted by atomic mass is 9.81. The summed E-state index contributed by atoms with van der Waals surface area (Å²) in [7, 11) is 0. The van der Waals surface area contributed by atoms with Crippen molar-refractivity contribution in [1.82, 2.24) is 25.6 Å². The van der Waals surface area contributed by atoms with Crippen LogP contribution in [0.15, 0.2) is 54.6 Å². The van der Waals surface area contributed by atoms with Gasteiger partial charge in [0.15, 0.2) is 6.29 Å². The summed E-state index contributed by atoms with van der Waals surface area (Å²) in [4.78, 5) is 43.1. The second-order valence-corrected chi connectivity index (χ2v) is 9.45. The summed E-state index contributed by atoms with van der Waals surface area (Å²) >= 11 is 0. The molecule has 0 spiro atoms. The number of amides is 4. The standard InChI is InChI=1S/C26H31N5O3/c1-18-11-13-20(14-12-18)16-29-24(33)21-9-5-6-10-22(21)31-25(29)28-30(26(31)34)17-23(32)27-15-19-7-3-2-4-8-19/h2-4,7-8,11-14,21-22,25,28H,5-6,9-10,15-17H2,1H3,(H,27,32). The minimum atomic E-state index is -0.581. The van der Waals surface area contributed by atoms with Crippen molar-refractivity contribution in [3.63, 3.8) is 0 Å². The second-order valence-electron chi connectivity index (χ2n) is 9.45. The van der Waals surface area contributed by atoms with Crippen molar-refractivity contribution in [1.29, 1.82) is 0 Å². The van der Waals surface area contributed by atoms with Gasteiger partial charge in [-0.2, -0.15) is 5.43 Å². The van der Waals surface area contributed by atoms with Gasteiger partial charge in [-0.25, -0.2) is 9.80 Å². The highest BCUT2D eigenvalue weighted by atomic mass is 16.2. The number of rotatable bonds is 6. The average molecular weight is 462 g/mol. The predicted octanol–water partition coefficient (Wildman–Crippen LogP) is 2.74. The van der Waals surface area contributed by atoms with E-state index in [-0.39, 0.29) is 36.3 Å². The first-order valence-corrected chi connectivity index (χ1v) is 12.0. The molecule has 0 aromatic heterocycles. The zero-order valence-corrected chi connectivity index (χ0v) is 19.4. The molecule has 4 amide bonds. The lowest BCUT2D eigenvalue weighted by Gasteiger charge is -2.48. The van der Waals surface area contributed by atoms with Gasteiger partial charge in [0.1, 0.15) is 6.54 Å². The van der Waals surface area contributed by atoms with Gasteiger partial charge in [0.25, 0.3) is 0 Å². The molecule has 1 saturated carbocycles. The van der Waals surface area contributed by atoms with Gasteiger partial charge in [-0.05, 0) is 30.9 Å². The van der Waals surface area contributed by atoms with E-state index in [0.717, 1.165) is 42.4 Å². The number of hydrogen-bond donors (Lipinski definition) is 2. The van der Waals surface area contributed by atoms with Crippen LogP contribution in [0, 0.1) is 12.8 Å². The van der Waals surface area contributed by atoms with Gasteiger partial charge >= 0.3 is 6.03 Å². The molecule has 0 radical (unpaired) electrons. The summed E-state index contributed by atoms with van der Waals surface area (Å²) < 4.78 is 0. The normalized spacial score (nSPS) is 24.1. The smallest absolute Gasteiger partial charge is 0.337 e. The fraction of sp³-hybridized carbons (Fsp3) is 0.423. The molecular weight excluding hydrogens is 430 g/mol. The maximum Gasteiger partial charge on any atom is 0.337 e. The first-order chi connectivity index (χ1) is 16.5. The second kappa shape index (κ2) is 9.46. The zero-order valence-electron chi connectivity index (χ0n) is 19.4. The summed E-state index contributed by atoms with van der Waals surface area (Å²) in [6, 6.07) is 17.4. The highest BCUT2D eigenvalue weighted by molar-refractivity contribution is 5.88. The van der Waals surface area contributed by atoms with Crippen molar-refractivity contribution in [3.05, 3.63) is 71.3 Å². The molecular formula is C26H31N5O3.